The molecule has 1 aliphatic heterocycles. The van der Waals surface area contributed by atoms with Gasteiger partial charge in [0.25, 0.3) is 17.4 Å². The highest BCUT2D eigenvalue weighted by atomic mass is 16.5. The molecule has 0 bridgehead atoms. The third-order valence-corrected chi connectivity index (χ3v) is 4.22. The number of amides is 2. The Morgan fingerprint density at radius 3 is 2.58 bits per heavy atom. The maximum Gasteiger partial charge on any atom is 0.282 e. The van der Waals surface area contributed by atoms with Gasteiger partial charge in [-0.25, -0.2) is 4.98 Å². The number of hydrogen-bond acceptors (Lipinski definition) is 5. The maximum absolute atomic E-state index is 13.1. The van der Waals surface area contributed by atoms with Crippen LogP contribution in [0.15, 0.2) is 42.6 Å². The van der Waals surface area contributed by atoms with Crippen LogP contribution in [0.25, 0.3) is 0 Å². The number of carbonyl (C=O) groups is 2. The second kappa shape index (κ2) is 6.67. The minimum atomic E-state index is -1.69. The van der Waals surface area contributed by atoms with Crippen molar-refractivity contribution in [3.05, 3.63) is 42.6 Å². The first-order valence-corrected chi connectivity index (χ1v) is 8.30. The quantitative estimate of drug-likeness (QED) is 0.853. The van der Waals surface area contributed by atoms with Crippen LogP contribution in [0.1, 0.15) is 20.8 Å². The van der Waals surface area contributed by atoms with Crippen LogP contribution in [-0.2, 0) is 9.59 Å². The summed E-state index contributed by atoms with van der Waals surface area (Å²) < 4.78 is 10.9. The smallest absolute Gasteiger partial charge is 0.282 e. The number of methoxy groups -OCH3 is 1. The van der Waals surface area contributed by atoms with Crippen molar-refractivity contribution in [3.8, 4) is 11.5 Å². The number of carbonyl (C=O) groups excluding carboxylic acids is 2. The van der Waals surface area contributed by atoms with E-state index in [1.165, 1.54) is 11.8 Å². The Hall–Kier alpha value is -3.09. The van der Waals surface area contributed by atoms with E-state index < -0.39 is 17.4 Å². The molecule has 2 amide bonds. The van der Waals surface area contributed by atoms with Gasteiger partial charge in [0.2, 0.25) is 0 Å². The van der Waals surface area contributed by atoms with Gasteiger partial charge < -0.3 is 14.8 Å². The van der Waals surface area contributed by atoms with Crippen molar-refractivity contribution in [2.75, 3.05) is 17.3 Å². The molecule has 1 aliphatic rings. The molecule has 7 heteroatoms. The van der Waals surface area contributed by atoms with Gasteiger partial charge in [-0.1, -0.05) is 0 Å². The van der Waals surface area contributed by atoms with Crippen LogP contribution in [-0.4, -0.2) is 35.6 Å². The van der Waals surface area contributed by atoms with Crippen molar-refractivity contribution < 1.29 is 19.1 Å². The summed E-state index contributed by atoms with van der Waals surface area (Å²) in [5.74, 6) is 0.484. The normalized spacial score (nSPS) is 19.0. The molecule has 0 spiro atoms. The van der Waals surface area contributed by atoms with Gasteiger partial charge in [-0.05, 0) is 57.2 Å². The molecular formula is C19H21N3O4. The monoisotopic (exact) mass is 355 g/mol. The van der Waals surface area contributed by atoms with Gasteiger partial charge in [0.15, 0.2) is 11.6 Å². The van der Waals surface area contributed by atoms with E-state index in [1.54, 1.807) is 49.7 Å². The van der Waals surface area contributed by atoms with Crippen LogP contribution in [0.3, 0.4) is 0 Å². The number of hydrogen-bond donors (Lipinski definition) is 1. The number of benzene rings is 1. The van der Waals surface area contributed by atoms with Crippen LogP contribution >= 0.6 is 0 Å². The Kier molecular flexibility index (Phi) is 4.54. The molecule has 136 valence electrons. The molecule has 0 radical (unpaired) electrons. The van der Waals surface area contributed by atoms with Crippen molar-refractivity contribution in [1.82, 2.24) is 4.98 Å². The number of nitrogens with zero attached hydrogens (tertiary/aromatic N) is 2. The van der Waals surface area contributed by atoms with E-state index in [2.05, 4.69) is 10.3 Å². The average molecular weight is 355 g/mol. The molecular weight excluding hydrogens is 334 g/mol. The summed E-state index contributed by atoms with van der Waals surface area (Å²) in [7, 11) is 1.56. The molecule has 7 nitrogen and oxygen atoms in total. The third-order valence-electron chi connectivity index (χ3n) is 4.22. The van der Waals surface area contributed by atoms with Crippen LogP contribution in [0.4, 0.5) is 11.5 Å². The minimum absolute atomic E-state index is 0.173. The molecule has 0 unspecified atom stereocenters. The Labute approximate surface area is 151 Å². The van der Waals surface area contributed by atoms with Crippen molar-refractivity contribution in [2.24, 2.45) is 0 Å². The van der Waals surface area contributed by atoms with Gasteiger partial charge in [0.1, 0.15) is 5.75 Å². The van der Waals surface area contributed by atoms with Gasteiger partial charge in [-0.2, -0.15) is 0 Å². The highest BCUT2D eigenvalue weighted by Gasteiger charge is 2.51. The zero-order chi connectivity index (χ0) is 18.9. The fraction of sp³-hybridized carbons (Fsp3) is 0.316. The number of ether oxygens (including phenoxy) is 2. The minimum Gasteiger partial charge on any atom is -0.497 e. The van der Waals surface area contributed by atoms with Gasteiger partial charge >= 0.3 is 0 Å². The van der Waals surface area contributed by atoms with E-state index in [0.717, 1.165) is 0 Å². The first kappa shape index (κ1) is 17.7. The zero-order valence-corrected chi connectivity index (χ0v) is 15.1. The second-order valence-electron chi connectivity index (χ2n) is 6.41. The number of aromatic nitrogens is 1. The van der Waals surface area contributed by atoms with E-state index in [0.29, 0.717) is 23.0 Å². The van der Waals surface area contributed by atoms with E-state index in [-0.39, 0.29) is 6.04 Å². The molecule has 2 heterocycles. The van der Waals surface area contributed by atoms with Gasteiger partial charge in [-0.3, -0.25) is 14.5 Å². The molecule has 1 N–H and O–H groups in total. The first-order chi connectivity index (χ1) is 12.4. The van der Waals surface area contributed by atoms with E-state index in [4.69, 9.17) is 9.47 Å². The predicted molar refractivity (Wildman–Crippen MR) is 97.5 cm³/mol. The Bertz CT molecular complexity index is 835. The summed E-state index contributed by atoms with van der Waals surface area (Å²) in [6.45, 7) is 5.20. The molecule has 1 atom stereocenters. The lowest BCUT2D eigenvalue weighted by Gasteiger charge is -2.40. The lowest BCUT2D eigenvalue weighted by Crippen LogP contribution is -2.62. The van der Waals surface area contributed by atoms with Gasteiger partial charge in [-0.15, -0.1) is 0 Å². The maximum atomic E-state index is 13.1. The van der Waals surface area contributed by atoms with E-state index >= 15 is 0 Å². The average Bonchev–Trinajstić information content (AvgIpc) is 2.63. The third kappa shape index (κ3) is 2.96. The lowest BCUT2D eigenvalue weighted by atomic mass is 9.99. The van der Waals surface area contributed by atoms with Crippen LogP contribution in [0, 0.1) is 0 Å². The number of fused-ring (bicyclic) bond motifs is 1. The Balaban J connectivity index is 1.92. The summed E-state index contributed by atoms with van der Waals surface area (Å²) in [5.41, 5.74) is -1.15. The first-order valence-electron chi connectivity index (χ1n) is 8.30. The van der Waals surface area contributed by atoms with Crippen molar-refractivity contribution in [2.45, 2.75) is 32.4 Å². The van der Waals surface area contributed by atoms with E-state index in [9.17, 15) is 9.59 Å². The predicted octanol–water partition coefficient (Wildman–Crippen LogP) is 2.62. The summed E-state index contributed by atoms with van der Waals surface area (Å²) >= 11 is 0. The summed E-state index contributed by atoms with van der Waals surface area (Å²) in [6.07, 6.45) is 1.59. The molecule has 0 fully saturated rings. The summed E-state index contributed by atoms with van der Waals surface area (Å²) in [6, 6.07) is 10.1. The molecule has 2 aromatic rings. The summed E-state index contributed by atoms with van der Waals surface area (Å²) in [5, 5.41) is 2.74. The van der Waals surface area contributed by atoms with Crippen LogP contribution < -0.4 is 19.7 Å². The van der Waals surface area contributed by atoms with Crippen molar-refractivity contribution in [1.29, 1.82) is 0 Å². The molecule has 1 aromatic carbocycles. The lowest BCUT2D eigenvalue weighted by molar-refractivity contribution is -0.145. The molecule has 1 aromatic heterocycles. The Morgan fingerprint density at radius 1 is 1.27 bits per heavy atom. The standard InChI is InChI=1S/C19H21N3O4/c1-12(2)22-16-15(6-5-11-20-16)26-19(3,18(22)24)17(23)21-13-7-9-14(25-4)10-8-13/h5-12H,1-4H3,(H,21,23)/t19-/m0/s1. The highest BCUT2D eigenvalue weighted by Crippen LogP contribution is 2.37. The topological polar surface area (TPSA) is 80.8 Å². The van der Waals surface area contributed by atoms with E-state index in [1.807, 2.05) is 13.8 Å². The molecule has 0 saturated heterocycles. The largest absolute Gasteiger partial charge is 0.497 e. The van der Waals surface area contributed by atoms with Gasteiger partial charge in [0, 0.05) is 17.9 Å². The number of rotatable bonds is 4. The van der Waals surface area contributed by atoms with Crippen LogP contribution in [0.5, 0.6) is 11.5 Å². The number of pyridine rings is 1. The van der Waals surface area contributed by atoms with Crippen molar-refractivity contribution in [3.63, 3.8) is 0 Å². The van der Waals surface area contributed by atoms with Crippen molar-refractivity contribution >= 4 is 23.3 Å². The molecule has 0 saturated carbocycles. The number of anilines is 2. The molecule has 3 rings (SSSR count). The van der Waals surface area contributed by atoms with Crippen LogP contribution in [0.2, 0.25) is 0 Å². The number of nitrogens with one attached hydrogen (secondary N) is 1. The zero-order valence-electron chi connectivity index (χ0n) is 15.1. The summed E-state index contributed by atoms with van der Waals surface area (Å²) in [4.78, 5) is 31.7. The Morgan fingerprint density at radius 2 is 1.96 bits per heavy atom. The fourth-order valence-electron chi connectivity index (χ4n) is 2.78. The second-order valence-corrected chi connectivity index (χ2v) is 6.41. The molecule has 26 heavy (non-hydrogen) atoms. The molecule has 0 aliphatic carbocycles. The highest BCUT2D eigenvalue weighted by molar-refractivity contribution is 6.19. The SMILES string of the molecule is COc1ccc(NC(=O)[C@]2(C)Oc3cccnc3N(C(C)C)C2=O)cc1. The van der Waals surface area contributed by atoms with Gasteiger partial charge in [0.05, 0.1) is 7.11 Å². The fourth-order valence-corrected chi connectivity index (χ4v) is 2.78.